The van der Waals surface area contributed by atoms with E-state index < -0.39 is 0 Å². The number of ether oxygens (including phenoxy) is 1. The van der Waals surface area contributed by atoms with E-state index in [0.717, 1.165) is 16.7 Å². The second kappa shape index (κ2) is 5.41. The summed E-state index contributed by atoms with van der Waals surface area (Å²) in [7, 11) is 0. The largest absolute Gasteiger partial charge is 0.422 e. The molecule has 0 N–H and O–H groups in total. The van der Waals surface area contributed by atoms with Crippen LogP contribution in [0.4, 0.5) is 0 Å². The van der Waals surface area contributed by atoms with E-state index in [2.05, 4.69) is 6.07 Å². The minimum absolute atomic E-state index is 0.297. The lowest BCUT2D eigenvalue weighted by molar-refractivity contribution is -0.130. The second-order valence-electron chi connectivity index (χ2n) is 5.23. The Morgan fingerprint density at radius 3 is 2.48 bits per heavy atom. The molecule has 1 aliphatic rings. The molecule has 0 saturated carbocycles. The summed E-state index contributed by atoms with van der Waals surface area (Å²) in [6.45, 7) is 4.07. The third kappa shape index (κ3) is 2.79. The number of esters is 1. The fraction of sp³-hybridized carbons (Fsp3) is 0.105. The summed E-state index contributed by atoms with van der Waals surface area (Å²) in [5.74, 6) is 0.327. The Bertz CT molecular complexity index is 752. The van der Waals surface area contributed by atoms with Crippen LogP contribution < -0.4 is 0 Å². The lowest BCUT2D eigenvalue weighted by Gasteiger charge is -2.06. The highest BCUT2D eigenvalue weighted by molar-refractivity contribution is 6.05. The average molecular weight is 276 g/mol. The number of benzene rings is 2. The third-order valence-corrected chi connectivity index (χ3v) is 3.49. The molecule has 0 radical (unpaired) electrons. The van der Waals surface area contributed by atoms with Crippen LogP contribution in [0.5, 0.6) is 0 Å². The molecule has 1 heterocycles. The van der Waals surface area contributed by atoms with Crippen molar-refractivity contribution in [3.05, 3.63) is 82.4 Å². The van der Waals surface area contributed by atoms with Crippen molar-refractivity contribution in [2.45, 2.75) is 13.8 Å². The molecular formula is C19H16O2. The predicted octanol–water partition coefficient (Wildman–Crippen LogP) is 4.28. The maximum atomic E-state index is 12.0. The lowest BCUT2D eigenvalue weighted by atomic mass is 10.0. The molecular weight excluding hydrogens is 260 g/mol. The highest BCUT2D eigenvalue weighted by Gasteiger charge is 2.22. The van der Waals surface area contributed by atoms with E-state index in [4.69, 9.17) is 4.74 Å². The fourth-order valence-corrected chi connectivity index (χ4v) is 2.44. The Labute approximate surface area is 124 Å². The number of carbonyl (C=O) groups is 1. The van der Waals surface area contributed by atoms with Crippen LogP contribution in [0.15, 0.2) is 60.2 Å². The molecule has 3 rings (SSSR count). The smallest absolute Gasteiger partial charge is 0.343 e. The minimum Gasteiger partial charge on any atom is -0.422 e. The van der Waals surface area contributed by atoms with Crippen LogP contribution in [0.25, 0.3) is 11.8 Å². The molecule has 0 atom stereocenters. The van der Waals surface area contributed by atoms with Crippen molar-refractivity contribution in [1.29, 1.82) is 0 Å². The normalized spacial score (nSPS) is 16.0. The van der Waals surface area contributed by atoms with Crippen LogP contribution in [0.1, 0.15) is 22.3 Å². The van der Waals surface area contributed by atoms with Crippen molar-refractivity contribution >= 4 is 17.8 Å². The van der Waals surface area contributed by atoms with Gasteiger partial charge < -0.3 is 4.74 Å². The molecule has 0 bridgehead atoms. The first kappa shape index (κ1) is 13.4. The number of rotatable bonds is 2. The Morgan fingerprint density at radius 2 is 1.76 bits per heavy atom. The molecule has 0 aliphatic carbocycles. The van der Waals surface area contributed by atoms with Gasteiger partial charge in [-0.1, -0.05) is 54.1 Å². The van der Waals surface area contributed by atoms with E-state index in [1.807, 2.05) is 68.5 Å². The van der Waals surface area contributed by atoms with Crippen molar-refractivity contribution in [2.24, 2.45) is 0 Å². The van der Waals surface area contributed by atoms with Gasteiger partial charge in [-0.2, -0.15) is 0 Å². The summed E-state index contributed by atoms with van der Waals surface area (Å²) in [5.41, 5.74) is 4.83. The third-order valence-electron chi connectivity index (χ3n) is 3.49. The van der Waals surface area contributed by atoms with Gasteiger partial charge in [0, 0.05) is 5.56 Å². The SMILES string of the molecule is Cc1ccc(C2=C/C(=C\c3ccccc3)C(=O)O2)c(C)c1. The zero-order chi connectivity index (χ0) is 14.8. The van der Waals surface area contributed by atoms with Gasteiger partial charge in [0.15, 0.2) is 0 Å². The van der Waals surface area contributed by atoms with E-state index in [-0.39, 0.29) is 5.97 Å². The van der Waals surface area contributed by atoms with E-state index in [1.54, 1.807) is 0 Å². The first-order valence-electron chi connectivity index (χ1n) is 6.92. The summed E-state index contributed by atoms with van der Waals surface area (Å²) >= 11 is 0. The number of cyclic esters (lactones) is 1. The molecule has 2 heteroatoms. The summed E-state index contributed by atoms with van der Waals surface area (Å²) < 4.78 is 5.41. The van der Waals surface area contributed by atoms with E-state index in [0.29, 0.717) is 11.3 Å². The maximum absolute atomic E-state index is 12.0. The standard InChI is InChI=1S/C19H16O2/c1-13-8-9-17(14(2)10-13)18-12-16(19(20)21-18)11-15-6-4-3-5-7-15/h3-12H,1-2H3/b16-11+. The minimum atomic E-state index is -0.297. The highest BCUT2D eigenvalue weighted by Crippen LogP contribution is 2.29. The van der Waals surface area contributed by atoms with E-state index >= 15 is 0 Å². The summed E-state index contributed by atoms with van der Waals surface area (Å²) in [4.78, 5) is 12.0. The number of hydrogen-bond donors (Lipinski definition) is 0. The molecule has 21 heavy (non-hydrogen) atoms. The molecule has 0 amide bonds. The molecule has 0 fully saturated rings. The van der Waals surface area contributed by atoms with Crippen LogP contribution in [-0.2, 0) is 9.53 Å². The van der Waals surface area contributed by atoms with Crippen molar-refractivity contribution in [3.8, 4) is 0 Å². The van der Waals surface area contributed by atoms with Crippen molar-refractivity contribution in [3.63, 3.8) is 0 Å². The topological polar surface area (TPSA) is 26.3 Å². The molecule has 0 aromatic heterocycles. The van der Waals surface area contributed by atoms with Crippen LogP contribution >= 0.6 is 0 Å². The van der Waals surface area contributed by atoms with Gasteiger partial charge in [-0.3, -0.25) is 0 Å². The predicted molar refractivity (Wildman–Crippen MR) is 84.4 cm³/mol. The summed E-state index contributed by atoms with van der Waals surface area (Å²) in [6, 6.07) is 15.9. The van der Waals surface area contributed by atoms with Gasteiger partial charge in [-0.05, 0) is 37.1 Å². The lowest BCUT2D eigenvalue weighted by Crippen LogP contribution is -1.98. The highest BCUT2D eigenvalue weighted by atomic mass is 16.5. The van der Waals surface area contributed by atoms with Crippen LogP contribution in [0, 0.1) is 13.8 Å². The molecule has 0 unspecified atom stereocenters. The number of carbonyl (C=O) groups excluding carboxylic acids is 1. The first-order valence-corrected chi connectivity index (χ1v) is 6.92. The van der Waals surface area contributed by atoms with Crippen LogP contribution in [-0.4, -0.2) is 5.97 Å². The van der Waals surface area contributed by atoms with Crippen molar-refractivity contribution in [2.75, 3.05) is 0 Å². The van der Waals surface area contributed by atoms with Gasteiger partial charge in [0.05, 0.1) is 5.57 Å². The molecule has 0 saturated heterocycles. The summed E-state index contributed by atoms with van der Waals surface area (Å²) in [5, 5.41) is 0. The average Bonchev–Trinajstić information content (AvgIpc) is 2.81. The number of aryl methyl sites for hydroxylation is 2. The van der Waals surface area contributed by atoms with Gasteiger partial charge >= 0.3 is 5.97 Å². The maximum Gasteiger partial charge on any atom is 0.343 e. The van der Waals surface area contributed by atoms with Crippen molar-refractivity contribution in [1.82, 2.24) is 0 Å². The monoisotopic (exact) mass is 276 g/mol. The molecule has 2 aromatic carbocycles. The zero-order valence-electron chi connectivity index (χ0n) is 12.1. The molecule has 1 aliphatic heterocycles. The first-order chi connectivity index (χ1) is 10.1. The quantitative estimate of drug-likeness (QED) is 0.604. The van der Waals surface area contributed by atoms with Crippen LogP contribution in [0.2, 0.25) is 0 Å². The van der Waals surface area contributed by atoms with Gasteiger partial charge in [-0.15, -0.1) is 0 Å². The Morgan fingerprint density at radius 1 is 1.00 bits per heavy atom. The second-order valence-corrected chi connectivity index (χ2v) is 5.23. The molecule has 2 nitrogen and oxygen atoms in total. The molecule has 2 aromatic rings. The van der Waals surface area contributed by atoms with Crippen molar-refractivity contribution < 1.29 is 9.53 Å². The fourth-order valence-electron chi connectivity index (χ4n) is 2.44. The summed E-state index contributed by atoms with van der Waals surface area (Å²) in [6.07, 6.45) is 3.66. The molecule has 104 valence electrons. The molecule has 0 spiro atoms. The van der Waals surface area contributed by atoms with Gasteiger partial charge in [0.2, 0.25) is 0 Å². The van der Waals surface area contributed by atoms with E-state index in [9.17, 15) is 4.79 Å². The Balaban J connectivity index is 1.97. The Kier molecular flexibility index (Phi) is 3.44. The Hall–Kier alpha value is -2.61. The van der Waals surface area contributed by atoms with Gasteiger partial charge in [0.25, 0.3) is 0 Å². The van der Waals surface area contributed by atoms with E-state index in [1.165, 1.54) is 5.56 Å². The number of hydrogen-bond acceptors (Lipinski definition) is 2. The zero-order valence-corrected chi connectivity index (χ0v) is 12.1. The van der Waals surface area contributed by atoms with Gasteiger partial charge in [0.1, 0.15) is 5.76 Å². The van der Waals surface area contributed by atoms with Gasteiger partial charge in [-0.25, -0.2) is 4.79 Å². The van der Waals surface area contributed by atoms with Crippen LogP contribution in [0.3, 0.4) is 0 Å².